The first-order chi connectivity index (χ1) is 8.69. The van der Waals surface area contributed by atoms with Gasteiger partial charge < -0.3 is 15.2 Å². The van der Waals surface area contributed by atoms with Gasteiger partial charge in [0.15, 0.2) is 0 Å². The topological polar surface area (TPSA) is 44.5 Å². The lowest BCUT2D eigenvalue weighted by Crippen LogP contribution is -2.21. The Morgan fingerprint density at radius 1 is 1.33 bits per heavy atom. The van der Waals surface area contributed by atoms with Gasteiger partial charge in [-0.2, -0.15) is 0 Å². The summed E-state index contributed by atoms with van der Waals surface area (Å²) in [6.07, 6.45) is 5.42. The van der Waals surface area contributed by atoms with Crippen molar-refractivity contribution in [2.24, 2.45) is 5.92 Å². The van der Waals surface area contributed by atoms with Crippen LogP contribution >= 0.6 is 0 Å². The van der Waals surface area contributed by atoms with E-state index in [1.807, 2.05) is 18.2 Å². The van der Waals surface area contributed by atoms with E-state index in [1.54, 1.807) is 7.11 Å². The van der Waals surface area contributed by atoms with Crippen LogP contribution in [0.2, 0.25) is 0 Å². The van der Waals surface area contributed by atoms with Crippen molar-refractivity contribution in [2.45, 2.75) is 45.3 Å². The van der Waals surface area contributed by atoms with Gasteiger partial charge in [-0.3, -0.25) is 0 Å². The first-order valence-electron chi connectivity index (χ1n) is 6.73. The van der Waals surface area contributed by atoms with Gasteiger partial charge >= 0.3 is 0 Å². The Balaban J connectivity index is 1.88. The molecule has 2 N–H and O–H groups in total. The number of nitrogen functional groups attached to an aromatic ring is 1. The molecule has 0 aliphatic heterocycles. The molecule has 1 aromatic carbocycles. The average molecular weight is 249 g/mol. The summed E-state index contributed by atoms with van der Waals surface area (Å²) in [6, 6.07) is 5.85. The number of benzene rings is 1. The maximum Gasteiger partial charge on any atom is 0.141 e. The highest BCUT2D eigenvalue weighted by molar-refractivity contribution is 5.54. The quantitative estimate of drug-likeness (QED) is 0.832. The van der Waals surface area contributed by atoms with Crippen molar-refractivity contribution in [2.75, 3.05) is 12.8 Å². The van der Waals surface area contributed by atoms with Gasteiger partial charge in [-0.1, -0.05) is 25.8 Å². The molecule has 0 aromatic heterocycles. The summed E-state index contributed by atoms with van der Waals surface area (Å²) in [5.41, 5.74) is 7.68. The molecule has 1 fully saturated rings. The molecular formula is C15H23NO2. The fraction of sp³-hybridized carbons (Fsp3) is 0.600. The average Bonchev–Trinajstić information content (AvgIpc) is 2.37. The highest BCUT2D eigenvalue weighted by atomic mass is 16.5. The molecule has 0 amide bonds. The van der Waals surface area contributed by atoms with Crippen LogP contribution in [0.5, 0.6) is 5.75 Å². The van der Waals surface area contributed by atoms with Crippen molar-refractivity contribution in [1.29, 1.82) is 0 Å². The van der Waals surface area contributed by atoms with E-state index in [1.165, 1.54) is 25.7 Å². The van der Waals surface area contributed by atoms with E-state index in [4.69, 9.17) is 15.2 Å². The molecule has 1 saturated carbocycles. The highest BCUT2D eigenvalue weighted by Crippen LogP contribution is 2.27. The molecule has 100 valence electrons. The zero-order chi connectivity index (χ0) is 13.0. The third-order valence-electron chi connectivity index (χ3n) is 3.67. The molecule has 0 spiro atoms. The van der Waals surface area contributed by atoms with Crippen LogP contribution in [0, 0.1) is 5.92 Å². The van der Waals surface area contributed by atoms with Crippen molar-refractivity contribution in [3.63, 3.8) is 0 Å². The molecule has 1 aromatic rings. The number of ether oxygens (including phenoxy) is 2. The third-order valence-corrected chi connectivity index (χ3v) is 3.67. The normalized spacial score (nSPS) is 23.9. The molecule has 0 bridgehead atoms. The van der Waals surface area contributed by atoms with Crippen LogP contribution in [0.1, 0.15) is 38.2 Å². The third kappa shape index (κ3) is 3.39. The van der Waals surface area contributed by atoms with E-state index in [9.17, 15) is 0 Å². The number of hydrogen-bond donors (Lipinski definition) is 1. The molecule has 2 atom stereocenters. The predicted octanol–water partition coefficient (Wildman–Crippen LogP) is 3.37. The second kappa shape index (κ2) is 6.10. The monoisotopic (exact) mass is 249 g/mol. The minimum absolute atomic E-state index is 0.414. The van der Waals surface area contributed by atoms with Crippen LogP contribution in [0.15, 0.2) is 18.2 Å². The molecule has 1 aliphatic carbocycles. The van der Waals surface area contributed by atoms with Crippen LogP contribution in [-0.4, -0.2) is 13.2 Å². The Hall–Kier alpha value is -1.22. The van der Waals surface area contributed by atoms with Crippen LogP contribution in [0.4, 0.5) is 5.69 Å². The van der Waals surface area contributed by atoms with E-state index in [2.05, 4.69) is 6.92 Å². The second-order valence-corrected chi connectivity index (χ2v) is 5.28. The summed E-state index contributed by atoms with van der Waals surface area (Å²) in [5, 5.41) is 0. The summed E-state index contributed by atoms with van der Waals surface area (Å²) in [4.78, 5) is 0. The highest BCUT2D eigenvalue weighted by Gasteiger charge is 2.19. The Labute approximate surface area is 109 Å². The Morgan fingerprint density at radius 2 is 2.17 bits per heavy atom. The van der Waals surface area contributed by atoms with Gasteiger partial charge in [-0.05, 0) is 36.5 Å². The molecule has 18 heavy (non-hydrogen) atoms. The van der Waals surface area contributed by atoms with Crippen molar-refractivity contribution in [3.8, 4) is 5.75 Å². The molecule has 0 saturated heterocycles. The van der Waals surface area contributed by atoms with Crippen molar-refractivity contribution in [1.82, 2.24) is 0 Å². The van der Waals surface area contributed by atoms with E-state index < -0.39 is 0 Å². The van der Waals surface area contributed by atoms with Gasteiger partial charge in [-0.25, -0.2) is 0 Å². The Morgan fingerprint density at radius 3 is 2.83 bits per heavy atom. The van der Waals surface area contributed by atoms with Crippen LogP contribution in [0.25, 0.3) is 0 Å². The fourth-order valence-electron chi connectivity index (χ4n) is 2.62. The summed E-state index contributed by atoms with van der Waals surface area (Å²) in [5.74, 6) is 1.52. The van der Waals surface area contributed by atoms with Crippen molar-refractivity contribution >= 4 is 5.69 Å². The predicted molar refractivity (Wildman–Crippen MR) is 73.6 cm³/mol. The summed E-state index contributed by atoms with van der Waals surface area (Å²) in [6.45, 7) is 2.95. The number of methoxy groups -OCH3 is 1. The second-order valence-electron chi connectivity index (χ2n) is 5.28. The molecule has 2 unspecified atom stereocenters. The van der Waals surface area contributed by atoms with E-state index in [-0.39, 0.29) is 0 Å². The lowest BCUT2D eigenvalue weighted by atomic mass is 9.89. The van der Waals surface area contributed by atoms with Gasteiger partial charge in [0, 0.05) is 0 Å². The lowest BCUT2D eigenvalue weighted by molar-refractivity contribution is 0.00468. The lowest BCUT2D eigenvalue weighted by Gasteiger charge is -2.26. The minimum Gasteiger partial charge on any atom is -0.495 e. The maximum absolute atomic E-state index is 5.97. The number of rotatable bonds is 4. The summed E-state index contributed by atoms with van der Waals surface area (Å²) in [7, 11) is 1.63. The molecule has 2 rings (SSSR count). The van der Waals surface area contributed by atoms with E-state index >= 15 is 0 Å². The van der Waals surface area contributed by atoms with Crippen LogP contribution < -0.4 is 10.5 Å². The van der Waals surface area contributed by atoms with Crippen molar-refractivity contribution < 1.29 is 9.47 Å². The zero-order valence-corrected chi connectivity index (χ0v) is 11.3. The summed E-state index contributed by atoms with van der Waals surface area (Å²) >= 11 is 0. The first kappa shape index (κ1) is 13.2. The molecule has 3 nitrogen and oxygen atoms in total. The number of nitrogens with two attached hydrogens (primary N) is 1. The van der Waals surface area contributed by atoms with E-state index in [0.717, 1.165) is 17.2 Å². The standard InChI is InChI=1S/C15H23NO2/c1-11-4-3-5-13(8-11)18-10-12-6-7-15(17-2)14(16)9-12/h6-7,9,11,13H,3-5,8,10,16H2,1-2H3. The molecule has 0 heterocycles. The smallest absolute Gasteiger partial charge is 0.141 e. The zero-order valence-electron chi connectivity index (χ0n) is 11.3. The largest absolute Gasteiger partial charge is 0.495 e. The summed E-state index contributed by atoms with van der Waals surface area (Å²) < 4.78 is 11.1. The molecule has 1 aliphatic rings. The molecule has 3 heteroatoms. The Kier molecular flexibility index (Phi) is 4.48. The van der Waals surface area contributed by atoms with Gasteiger partial charge in [0.2, 0.25) is 0 Å². The SMILES string of the molecule is COc1ccc(COC2CCCC(C)C2)cc1N. The molecule has 0 radical (unpaired) electrons. The van der Waals surface area contributed by atoms with Gasteiger partial charge in [0.1, 0.15) is 5.75 Å². The fourth-order valence-corrected chi connectivity index (χ4v) is 2.62. The minimum atomic E-state index is 0.414. The van der Waals surface area contributed by atoms with Crippen LogP contribution in [-0.2, 0) is 11.3 Å². The van der Waals surface area contributed by atoms with Gasteiger partial charge in [-0.15, -0.1) is 0 Å². The van der Waals surface area contributed by atoms with Crippen LogP contribution in [0.3, 0.4) is 0 Å². The number of anilines is 1. The number of hydrogen-bond acceptors (Lipinski definition) is 3. The van der Waals surface area contributed by atoms with E-state index in [0.29, 0.717) is 18.4 Å². The van der Waals surface area contributed by atoms with Gasteiger partial charge in [0.05, 0.1) is 25.5 Å². The molecular weight excluding hydrogens is 226 g/mol. The van der Waals surface area contributed by atoms with Gasteiger partial charge in [0.25, 0.3) is 0 Å². The Bertz CT molecular complexity index is 392. The van der Waals surface area contributed by atoms with Crippen molar-refractivity contribution in [3.05, 3.63) is 23.8 Å². The first-order valence-corrected chi connectivity index (χ1v) is 6.73. The maximum atomic E-state index is 5.97.